The van der Waals surface area contributed by atoms with Gasteiger partial charge in [0.25, 0.3) is 0 Å². The number of para-hydroxylation sites is 1. The summed E-state index contributed by atoms with van der Waals surface area (Å²) in [7, 11) is 0. The summed E-state index contributed by atoms with van der Waals surface area (Å²) in [5.41, 5.74) is 1.18. The standard InChI is InChI=1S/C33H52O/c1-23(2)10-9-11-24(3)29-16-17-30-28-15-14-25-22-27(34-26-12-7-6-8-13-26)18-20-32(25,4)31(28)19-21-33(29,30)5/h6-8,12-13,23-25,27-31H,9-11,14-22H2,1-5H3. The van der Waals surface area contributed by atoms with Gasteiger partial charge in [-0.3, -0.25) is 0 Å². The molecule has 0 aromatic heterocycles. The monoisotopic (exact) mass is 464 g/mol. The molecule has 0 spiro atoms. The number of benzene rings is 1. The molecule has 190 valence electrons. The van der Waals surface area contributed by atoms with Crippen LogP contribution in [0.25, 0.3) is 0 Å². The second kappa shape index (κ2) is 9.82. The van der Waals surface area contributed by atoms with E-state index in [-0.39, 0.29) is 0 Å². The molecule has 4 aliphatic carbocycles. The maximum Gasteiger partial charge on any atom is 0.119 e. The van der Waals surface area contributed by atoms with Gasteiger partial charge in [0.2, 0.25) is 0 Å². The van der Waals surface area contributed by atoms with Gasteiger partial charge in [0.1, 0.15) is 5.75 Å². The van der Waals surface area contributed by atoms with Crippen molar-refractivity contribution in [2.24, 2.45) is 52.3 Å². The second-order valence-corrected chi connectivity index (χ2v) is 14.0. The summed E-state index contributed by atoms with van der Waals surface area (Å²) >= 11 is 0. The summed E-state index contributed by atoms with van der Waals surface area (Å²) in [4.78, 5) is 0. The van der Waals surface area contributed by atoms with E-state index in [2.05, 4.69) is 65.0 Å². The lowest BCUT2D eigenvalue weighted by Crippen LogP contribution is -2.54. The van der Waals surface area contributed by atoms with E-state index < -0.39 is 0 Å². The fourth-order valence-electron chi connectivity index (χ4n) is 10.0. The van der Waals surface area contributed by atoms with Crippen LogP contribution >= 0.6 is 0 Å². The number of hydrogen-bond acceptors (Lipinski definition) is 1. The molecule has 0 bridgehead atoms. The summed E-state index contributed by atoms with van der Waals surface area (Å²) in [5, 5.41) is 0. The highest BCUT2D eigenvalue weighted by atomic mass is 16.5. The Hall–Kier alpha value is -0.980. The van der Waals surface area contributed by atoms with E-state index in [9.17, 15) is 0 Å². The van der Waals surface area contributed by atoms with E-state index in [4.69, 9.17) is 4.74 Å². The number of ether oxygens (including phenoxy) is 1. The summed E-state index contributed by atoms with van der Waals surface area (Å²) in [6.07, 6.45) is 17.7. The van der Waals surface area contributed by atoms with Crippen LogP contribution < -0.4 is 4.74 Å². The Balaban J connectivity index is 1.24. The van der Waals surface area contributed by atoms with Crippen molar-refractivity contribution in [3.05, 3.63) is 30.3 Å². The van der Waals surface area contributed by atoms with Gasteiger partial charge in [-0.1, -0.05) is 72.1 Å². The first-order valence-electron chi connectivity index (χ1n) is 15.0. The molecule has 5 rings (SSSR count). The van der Waals surface area contributed by atoms with Crippen LogP contribution in [0.5, 0.6) is 5.75 Å². The molecule has 0 radical (unpaired) electrons. The van der Waals surface area contributed by atoms with Crippen molar-refractivity contribution in [3.63, 3.8) is 0 Å². The van der Waals surface area contributed by atoms with E-state index in [1.807, 2.05) is 0 Å². The van der Waals surface area contributed by atoms with Crippen molar-refractivity contribution in [2.45, 2.75) is 118 Å². The van der Waals surface area contributed by atoms with Crippen LogP contribution in [0, 0.1) is 52.3 Å². The predicted molar refractivity (Wildman–Crippen MR) is 144 cm³/mol. The summed E-state index contributed by atoms with van der Waals surface area (Å²) in [6, 6.07) is 10.6. The van der Waals surface area contributed by atoms with Crippen LogP contribution in [0.1, 0.15) is 112 Å². The first-order valence-corrected chi connectivity index (χ1v) is 15.0. The van der Waals surface area contributed by atoms with Gasteiger partial charge in [-0.2, -0.15) is 0 Å². The normalized spacial score (nSPS) is 42.5. The Bertz CT molecular complexity index is 800. The molecule has 9 atom stereocenters. The molecule has 4 saturated carbocycles. The van der Waals surface area contributed by atoms with Crippen LogP contribution in [0.3, 0.4) is 0 Å². The molecule has 0 aliphatic heterocycles. The highest BCUT2D eigenvalue weighted by molar-refractivity contribution is 5.21. The van der Waals surface area contributed by atoms with Gasteiger partial charge in [0.05, 0.1) is 6.10 Å². The van der Waals surface area contributed by atoms with Crippen LogP contribution in [0.2, 0.25) is 0 Å². The third-order valence-corrected chi connectivity index (χ3v) is 11.9. The third kappa shape index (κ3) is 4.48. The van der Waals surface area contributed by atoms with Crippen LogP contribution in [0.15, 0.2) is 30.3 Å². The fourth-order valence-corrected chi connectivity index (χ4v) is 10.0. The van der Waals surface area contributed by atoms with Crippen molar-refractivity contribution in [3.8, 4) is 5.75 Å². The zero-order valence-electron chi connectivity index (χ0n) is 22.9. The van der Waals surface area contributed by atoms with E-state index in [0.717, 1.165) is 47.2 Å². The molecule has 4 fully saturated rings. The zero-order chi connectivity index (χ0) is 23.9. The number of rotatable bonds is 7. The zero-order valence-corrected chi connectivity index (χ0v) is 22.9. The lowest BCUT2D eigenvalue weighted by molar-refractivity contribution is -0.126. The topological polar surface area (TPSA) is 9.23 Å². The summed E-state index contributed by atoms with van der Waals surface area (Å²) in [5.74, 6) is 7.66. The van der Waals surface area contributed by atoms with Crippen molar-refractivity contribution in [1.29, 1.82) is 0 Å². The Morgan fingerprint density at radius 3 is 2.32 bits per heavy atom. The molecule has 1 aromatic carbocycles. The Morgan fingerprint density at radius 2 is 1.56 bits per heavy atom. The largest absolute Gasteiger partial charge is 0.490 e. The molecular weight excluding hydrogens is 412 g/mol. The number of fused-ring (bicyclic) bond motifs is 5. The van der Waals surface area contributed by atoms with Gasteiger partial charge in [0, 0.05) is 0 Å². The van der Waals surface area contributed by atoms with Gasteiger partial charge in [-0.15, -0.1) is 0 Å². The Morgan fingerprint density at radius 1 is 0.824 bits per heavy atom. The predicted octanol–water partition coefficient (Wildman–Crippen LogP) is 9.56. The number of hydrogen-bond donors (Lipinski definition) is 0. The smallest absolute Gasteiger partial charge is 0.119 e. The van der Waals surface area contributed by atoms with Gasteiger partial charge in [-0.25, -0.2) is 0 Å². The van der Waals surface area contributed by atoms with E-state index >= 15 is 0 Å². The first kappa shape index (κ1) is 24.7. The lowest BCUT2D eigenvalue weighted by Gasteiger charge is -2.61. The minimum atomic E-state index is 0.424. The van der Waals surface area contributed by atoms with E-state index in [0.29, 0.717) is 16.9 Å². The summed E-state index contributed by atoms with van der Waals surface area (Å²) in [6.45, 7) is 12.8. The molecular formula is C33H52O. The van der Waals surface area contributed by atoms with E-state index in [1.165, 1.54) is 77.0 Å². The van der Waals surface area contributed by atoms with Gasteiger partial charge in [-0.05, 0) is 122 Å². The van der Waals surface area contributed by atoms with Gasteiger partial charge >= 0.3 is 0 Å². The minimum Gasteiger partial charge on any atom is -0.490 e. The van der Waals surface area contributed by atoms with Gasteiger partial charge in [0.15, 0.2) is 0 Å². The fraction of sp³-hybridized carbons (Fsp3) is 0.818. The van der Waals surface area contributed by atoms with Crippen LogP contribution in [0.4, 0.5) is 0 Å². The van der Waals surface area contributed by atoms with Crippen molar-refractivity contribution < 1.29 is 4.74 Å². The Labute approximate surface area is 210 Å². The average Bonchev–Trinajstić information content (AvgIpc) is 3.17. The quantitative estimate of drug-likeness (QED) is 0.390. The molecule has 0 saturated heterocycles. The first-order chi connectivity index (χ1) is 16.3. The van der Waals surface area contributed by atoms with Crippen LogP contribution in [-0.4, -0.2) is 6.10 Å². The third-order valence-electron chi connectivity index (χ3n) is 11.9. The molecule has 1 aromatic rings. The molecule has 9 unspecified atom stereocenters. The second-order valence-electron chi connectivity index (χ2n) is 14.0. The van der Waals surface area contributed by atoms with E-state index in [1.54, 1.807) is 0 Å². The molecule has 0 amide bonds. The molecule has 34 heavy (non-hydrogen) atoms. The molecule has 4 aliphatic rings. The molecule has 0 heterocycles. The van der Waals surface area contributed by atoms with Crippen molar-refractivity contribution in [1.82, 2.24) is 0 Å². The van der Waals surface area contributed by atoms with Crippen molar-refractivity contribution in [2.75, 3.05) is 0 Å². The highest BCUT2D eigenvalue weighted by Gasteiger charge is 2.60. The molecule has 1 nitrogen and oxygen atoms in total. The minimum absolute atomic E-state index is 0.424. The molecule has 1 heteroatoms. The average molecular weight is 465 g/mol. The maximum atomic E-state index is 6.46. The summed E-state index contributed by atoms with van der Waals surface area (Å²) < 4.78 is 6.46. The van der Waals surface area contributed by atoms with Gasteiger partial charge < -0.3 is 4.74 Å². The maximum absolute atomic E-state index is 6.46. The molecule has 0 N–H and O–H groups in total. The lowest BCUT2D eigenvalue weighted by atomic mass is 9.44. The Kier molecular flexibility index (Phi) is 7.13. The van der Waals surface area contributed by atoms with Crippen molar-refractivity contribution >= 4 is 0 Å². The van der Waals surface area contributed by atoms with Crippen LogP contribution in [-0.2, 0) is 0 Å². The SMILES string of the molecule is CC(C)CCCC(C)C1CCC2C3CCC4CC(Oc5ccccc5)CCC4(C)C3CCC12C. The highest BCUT2D eigenvalue weighted by Crippen LogP contribution is 2.68.